The molecule has 2 rings (SSSR count). The van der Waals surface area contributed by atoms with E-state index in [4.69, 9.17) is 14.2 Å². The molecule has 2 unspecified atom stereocenters. The summed E-state index contributed by atoms with van der Waals surface area (Å²) in [6, 6.07) is 0.268. The van der Waals surface area contributed by atoms with Crippen LogP contribution in [-0.2, 0) is 19.0 Å². The van der Waals surface area contributed by atoms with Crippen molar-refractivity contribution in [3.8, 4) is 0 Å². The van der Waals surface area contributed by atoms with Gasteiger partial charge in [-0.1, -0.05) is 0 Å². The van der Waals surface area contributed by atoms with E-state index in [1.165, 1.54) is 0 Å². The number of carbonyl (C=O) groups is 1. The quantitative estimate of drug-likeness (QED) is 0.505. The summed E-state index contributed by atoms with van der Waals surface area (Å²) >= 11 is 0. The van der Waals surface area contributed by atoms with E-state index in [1.807, 2.05) is 6.92 Å². The molecule has 0 radical (unpaired) electrons. The van der Waals surface area contributed by atoms with Crippen LogP contribution in [0, 0.1) is 0 Å². The number of nitrogens with one attached hydrogen (secondary N) is 1. The molecular formula is C14H25NO4. The summed E-state index contributed by atoms with van der Waals surface area (Å²) in [5, 5.41) is 3.32. The fourth-order valence-corrected chi connectivity index (χ4v) is 2.24. The first-order valence-corrected chi connectivity index (χ1v) is 7.41. The summed E-state index contributed by atoms with van der Waals surface area (Å²) in [5.41, 5.74) is 0. The Morgan fingerprint density at radius 3 is 2.89 bits per heavy atom. The van der Waals surface area contributed by atoms with Gasteiger partial charge >= 0.3 is 5.97 Å². The Kier molecular flexibility index (Phi) is 6.07. The second kappa shape index (κ2) is 7.82. The van der Waals surface area contributed by atoms with Crippen molar-refractivity contribution in [2.45, 2.75) is 57.2 Å². The first kappa shape index (κ1) is 14.8. The Bertz CT molecular complexity index is 275. The third kappa shape index (κ3) is 5.47. The fraction of sp³-hybridized carbons (Fsp3) is 0.929. The molecule has 0 bridgehead atoms. The monoisotopic (exact) mass is 271 g/mol. The molecule has 1 aliphatic carbocycles. The van der Waals surface area contributed by atoms with Crippen LogP contribution in [0.3, 0.4) is 0 Å². The maximum Gasteiger partial charge on any atom is 0.323 e. The summed E-state index contributed by atoms with van der Waals surface area (Å²) in [6.07, 6.45) is 5.45. The Morgan fingerprint density at radius 2 is 2.26 bits per heavy atom. The highest BCUT2D eigenvalue weighted by molar-refractivity contribution is 5.75. The molecule has 1 aliphatic heterocycles. The molecule has 1 saturated carbocycles. The minimum absolute atomic E-state index is 0.157. The van der Waals surface area contributed by atoms with Gasteiger partial charge < -0.3 is 19.5 Å². The zero-order chi connectivity index (χ0) is 13.5. The molecule has 19 heavy (non-hydrogen) atoms. The lowest BCUT2D eigenvalue weighted by Gasteiger charge is -2.17. The Hall–Kier alpha value is -0.650. The molecule has 110 valence electrons. The molecule has 0 spiro atoms. The van der Waals surface area contributed by atoms with Gasteiger partial charge in [-0.05, 0) is 39.0 Å². The molecule has 2 fully saturated rings. The molecule has 0 aromatic rings. The van der Waals surface area contributed by atoms with Crippen LogP contribution in [0.5, 0.6) is 0 Å². The van der Waals surface area contributed by atoms with E-state index in [2.05, 4.69) is 5.32 Å². The van der Waals surface area contributed by atoms with Crippen LogP contribution in [0.2, 0.25) is 0 Å². The number of esters is 1. The third-order valence-corrected chi connectivity index (χ3v) is 3.46. The van der Waals surface area contributed by atoms with Crippen LogP contribution < -0.4 is 5.32 Å². The normalized spacial score (nSPS) is 24.4. The number of ether oxygens (including phenoxy) is 3. The molecule has 2 aliphatic rings. The Labute approximate surface area is 115 Å². The van der Waals surface area contributed by atoms with Gasteiger partial charge in [0.05, 0.1) is 19.3 Å². The van der Waals surface area contributed by atoms with Gasteiger partial charge in [0.15, 0.2) is 0 Å². The maximum absolute atomic E-state index is 11.8. The van der Waals surface area contributed by atoms with Crippen molar-refractivity contribution in [1.29, 1.82) is 0 Å². The molecule has 2 atom stereocenters. The van der Waals surface area contributed by atoms with Gasteiger partial charge in [-0.2, -0.15) is 0 Å². The summed E-state index contributed by atoms with van der Waals surface area (Å²) in [6.45, 7) is 4.32. The van der Waals surface area contributed by atoms with Gasteiger partial charge in [0, 0.05) is 19.3 Å². The predicted molar refractivity (Wildman–Crippen MR) is 71.0 cm³/mol. The number of carbonyl (C=O) groups excluding carboxylic acids is 1. The van der Waals surface area contributed by atoms with Crippen molar-refractivity contribution in [3.63, 3.8) is 0 Å². The van der Waals surface area contributed by atoms with E-state index in [0.29, 0.717) is 32.3 Å². The van der Waals surface area contributed by atoms with Gasteiger partial charge in [0.25, 0.3) is 0 Å². The van der Waals surface area contributed by atoms with E-state index >= 15 is 0 Å². The average Bonchev–Trinajstić information content (AvgIpc) is 3.07. The molecule has 0 aromatic heterocycles. The first-order chi connectivity index (χ1) is 9.29. The van der Waals surface area contributed by atoms with Crippen molar-refractivity contribution in [3.05, 3.63) is 0 Å². The summed E-state index contributed by atoms with van der Waals surface area (Å²) in [4.78, 5) is 11.8. The van der Waals surface area contributed by atoms with Crippen LogP contribution in [-0.4, -0.2) is 50.6 Å². The lowest BCUT2D eigenvalue weighted by molar-refractivity contribution is -0.146. The minimum atomic E-state index is -0.225. The van der Waals surface area contributed by atoms with E-state index in [9.17, 15) is 4.79 Å². The smallest absolute Gasteiger partial charge is 0.323 e. The van der Waals surface area contributed by atoms with Crippen molar-refractivity contribution >= 4 is 5.97 Å². The molecule has 1 heterocycles. The molecule has 5 nitrogen and oxygen atoms in total. The van der Waals surface area contributed by atoms with Crippen molar-refractivity contribution in [1.82, 2.24) is 5.32 Å². The lowest BCUT2D eigenvalue weighted by atomic mass is 10.2. The Balaban J connectivity index is 1.61. The van der Waals surface area contributed by atoms with E-state index < -0.39 is 0 Å². The standard InChI is InChI=1S/C14H25NO4/c1-2-18-14(16)13(15-11-5-6-11)7-9-17-10-12-4-3-8-19-12/h11-13,15H,2-10H2,1H3. The van der Waals surface area contributed by atoms with E-state index in [1.54, 1.807) is 0 Å². The minimum Gasteiger partial charge on any atom is -0.465 e. The lowest BCUT2D eigenvalue weighted by Crippen LogP contribution is -2.40. The highest BCUT2D eigenvalue weighted by atomic mass is 16.5. The zero-order valence-corrected chi connectivity index (χ0v) is 11.7. The molecule has 1 saturated heterocycles. The number of hydrogen-bond donors (Lipinski definition) is 1. The second-order valence-electron chi connectivity index (χ2n) is 5.24. The largest absolute Gasteiger partial charge is 0.465 e. The van der Waals surface area contributed by atoms with Crippen LogP contribution >= 0.6 is 0 Å². The van der Waals surface area contributed by atoms with E-state index in [-0.39, 0.29) is 18.1 Å². The fourth-order valence-electron chi connectivity index (χ4n) is 2.24. The van der Waals surface area contributed by atoms with Gasteiger partial charge in [-0.15, -0.1) is 0 Å². The van der Waals surface area contributed by atoms with Crippen molar-refractivity contribution < 1.29 is 19.0 Å². The average molecular weight is 271 g/mol. The summed E-state index contributed by atoms with van der Waals surface area (Å²) in [7, 11) is 0. The zero-order valence-electron chi connectivity index (χ0n) is 11.7. The molecule has 0 amide bonds. The van der Waals surface area contributed by atoms with Crippen LogP contribution in [0.25, 0.3) is 0 Å². The molecule has 1 N–H and O–H groups in total. The van der Waals surface area contributed by atoms with Gasteiger partial charge in [0.1, 0.15) is 6.04 Å². The Morgan fingerprint density at radius 1 is 1.42 bits per heavy atom. The topological polar surface area (TPSA) is 56.8 Å². The van der Waals surface area contributed by atoms with E-state index in [0.717, 1.165) is 32.3 Å². The number of hydrogen-bond acceptors (Lipinski definition) is 5. The SMILES string of the molecule is CCOC(=O)C(CCOCC1CCCO1)NC1CC1. The first-order valence-electron chi connectivity index (χ1n) is 7.41. The van der Waals surface area contributed by atoms with Gasteiger partial charge in [-0.3, -0.25) is 4.79 Å². The maximum atomic E-state index is 11.8. The third-order valence-electron chi connectivity index (χ3n) is 3.46. The molecular weight excluding hydrogens is 246 g/mol. The van der Waals surface area contributed by atoms with Gasteiger partial charge in [0.2, 0.25) is 0 Å². The van der Waals surface area contributed by atoms with Crippen molar-refractivity contribution in [2.24, 2.45) is 0 Å². The van der Waals surface area contributed by atoms with Crippen molar-refractivity contribution in [2.75, 3.05) is 26.4 Å². The highest BCUT2D eigenvalue weighted by Crippen LogP contribution is 2.20. The molecule has 0 aromatic carbocycles. The van der Waals surface area contributed by atoms with Crippen LogP contribution in [0.15, 0.2) is 0 Å². The molecule has 5 heteroatoms. The highest BCUT2D eigenvalue weighted by Gasteiger charge is 2.29. The summed E-state index contributed by atoms with van der Waals surface area (Å²) < 4.78 is 16.2. The predicted octanol–water partition coefficient (Wildman–Crippen LogP) is 1.26. The second-order valence-corrected chi connectivity index (χ2v) is 5.24. The number of rotatable bonds is 9. The summed E-state index contributed by atoms with van der Waals surface area (Å²) in [5.74, 6) is -0.157. The van der Waals surface area contributed by atoms with Crippen LogP contribution in [0.1, 0.15) is 39.0 Å². The van der Waals surface area contributed by atoms with Gasteiger partial charge in [-0.25, -0.2) is 0 Å². The van der Waals surface area contributed by atoms with Crippen LogP contribution in [0.4, 0.5) is 0 Å².